The van der Waals surface area contributed by atoms with E-state index in [-0.39, 0.29) is 10.9 Å². The molecule has 2 aromatic rings. The Labute approximate surface area is 121 Å². The van der Waals surface area contributed by atoms with Crippen molar-refractivity contribution in [1.29, 1.82) is 0 Å². The van der Waals surface area contributed by atoms with Gasteiger partial charge in [-0.1, -0.05) is 11.6 Å². The van der Waals surface area contributed by atoms with Crippen LogP contribution in [0.5, 0.6) is 11.6 Å². The van der Waals surface area contributed by atoms with E-state index in [0.29, 0.717) is 6.07 Å². The van der Waals surface area contributed by atoms with Crippen molar-refractivity contribution in [2.24, 2.45) is 0 Å². The van der Waals surface area contributed by atoms with Gasteiger partial charge in [0.15, 0.2) is 0 Å². The molecule has 0 bridgehead atoms. The summed E-state index contributed by atoms with van der Waals surface area (Å²) in [6, 6.07) is 4.73. The largest absolute Gasteiger partial charge is 0.426 e. The number of nitrogens with zero attached hydrogens (tertiary/aromatic N) is 3. The number of hydrogen-bond acceptors (Lipinski definition) is 6. The van der Waals surface area contributed by atoms with E-state index < -0.39 is 32.9 Å². The number of ether oxygens (including phenoxy) is 1. The minimum Gasteiger partial charge on any atom is -0.426 e. The van der Waals surface area contributed by atoms with Gasteiger partial charge in [-0.25, -0.2) is 4.39 Å². The Morgan fingerprint density at radius 2 is 1.76 bits per heavy atom. The topological polar surface area (TPSA) is 108 Å². The summed E-state index contributed by atoms with van der Waals surface area (Å²) < 4.78 is 18.1. The van der Waals surface area contributed by atoms with Crippen molar-refractivity contribution < 1.29 is 19.0 Å². The second kappa shape index (κ2) is 5.67. The molecule has 21 heavy (non-hydrogen) atoms. The molecule has 0 N–H and O–H groups in total. The van der Waals surface area contributed by atoms with E-state index >= 15 is 0 Å². The Bertz CT molecular complexity index is 740. The lowest BCUT2D eigenvalue weighted by Gasteiger charge is -2.06. The minimum atomic E-state index is -0.880. The first-order chi connectivity index (χ1) is 9.88. The van der Waals surface area contributed by atoms with Crippen molar-refractivity contribution in [2.45, 2.75) is 0 Å². The van der Waals surface area contributed by atoms with Crippen LogP contribution in [0.4, 0.5) is 15.8 Å². The number of halogens is 2. The van der Waals surface area contributed by atoms with E-state index in [1.807, 2.05) is 0 Å². The van der Waals surface area contributed by atoms with Gasteiger partial charge in [-0.05, 0) is 18.2 Å². The number of hydrogen-bond donors (Lipinski definition) is 0. The van der Waals surface area contributed by atoms with E-state index in [9.17, 15) is 24.6 Å². The normalized spacial score (nSPS) is 10.2. The Hall–Kier alpha value is -2.81. The molecule has 1 aromatic heterocycles. The van der Waals surface area contributed by atoms with E-state index in [2.05, 4.69) is 4.98 Å². The van der Waals surface area contributed by atoms with E-state index in [1.165, 1.54) is 6.07 Å². The van der Waals surface area contributed by atoms with Gasteiger partial charge in [0.05, 0.1) is 15.9 Å². The molecule has 8 nitrogen and oxygen atoms in total. The van der Waals surface area contributed by atoms with E-state index in [0.717, 1.165) is 18.2 Å². The van der Waals surface area contributed by atoms with Gasteiger partial charge in [-0.3, -0.25) is 20.2 Å². The molecule has 0 atom stereocenters. The quantitative estimate of drug-likeness (QED) is 0.485. The lowest BCUT2D eigenvalue weighted by atomic mass is 10.3. The van der Waals surface area contributed by atoms with Crippen molar-refractivity contribution in [3.05, 3.63) is 61.5 Å². The average Bonchev–Trinajstić information content (AvgIpc) is 2.40. The van der Waals surface area contributed by atoms with Crippen LogP contribution in [-0.2, 0) is 0 Å². The molecule has 0 aliphatic rings. The summed E-state index contributed by atoms with van der Waals surface area (Å²) in [5.41, 5.74) is -1.22. The van der Waals surface area contributed by atoms with Crippen LogP contribution in [0.1, 0.15) is 0 Å². The van der Waals surface area contributed by atoms with Crippen molar-refractivity contribution in [2.75, 3.05) is 0 Å². The monoisotopic (exact) mass is 313 g/mol. The summed E-state index contributed by atoms with van der Waals surface area (Å²) in [6.07, 6.45) is 0. The van der Waals surface area contributed by atoms with Gasteiger partial charge in [0.25, 0.3) is 0 Å². The molecule has 0 radical (unpaired) electrons. The number of nitro groups is 2. The summed E-state index contributed by atoms with van der Waals surface area (Å²) in [5.74, 6) is -1.76. The highest BCUT2D eigenvalue weighted by atomic mass is 35.5. The van der Waals surface area contributed by atoms with Crippen LogP contribution in [0.25, 0.3) is 0 Å². The van der Waals surface area contributed by atoms with Gasteiger partial charge in [-0.15, -0.1) is 0 Å². The Morgan fingerprint density at radius 1 is 1.10 bits per heavy atom. The standard InChI is InChI=1S/C11H5ClFN3O5/c12-10-4-2-7(15(17)18)11(14-10)21-9-3-1-6(13)5-8(9)16(19)20/h1-5H. The third-order valence-electron chi connectivity index (χ3n) is 2.33. The third kappa shape index (κ3) is 3.20. The van der Waals surface area contributed by atoms with Gasteiger partial charge in [0.2, 0.25) is 5.75 Å². The van der Waals surface area contributed by atoms with Gasteiger partial charge in [0, 0.05) is 6.07 Å². The molecule has 0 saturated carbocycles. The fourth-order valence-corrected chi connectivity index (χ4v) is 1.59. The maximum Gasteiger partial charge on any atom is 0.331 e. The molecular formula is C11H5ClFN3O5. The predicted molar refractivity (Wildman–Crippen MR) is 69.0 cm³/mol. The number of pyridine rings is 1. The van der Waals surface area contributed by atoms with Crippen LogP contribution in [0.3, 0.4) is 0 Å². The van der Waals surface area contributed by atoms with Crippen molar-refractivity contribution in [1.82, 2.24) is 4.98 Å². The average molecular weight is 314 g/mol. The van der Waals surface area contributed by atoms with Crippen LogP contribution in [0, 0.1) is 26.0 Å². The molecule has 1 heterocycles. The molecule has 1 aromatic carbocycles. The third-order valence-corrected chi connectivity index (χ3v) is 2.54. The number of aromatic nitrogens is 1. The molecule has 0 saturated heterocycles. The molecular weight excluding hydrogens is 309 g/mol. The van der Waals surface area contributed by atoms with Crippen molar-refractivity contribution >= 4 is 23.0 Å². The van der Waals surface area contributed by atoms with Crippen molar-refractivity contribution in [3.63, 3.8) is 0 Å². The summed E-state index contributed by atoms with van der Waals surface area (Å²) in [4.78, 5) is 23.6. The molecule has 0 aliphatic heterocycles. The molecule has 2 rings (SSSR count). The van der Waals surface area contributed by atoms with Crippen LogP contribution < -0.4 is 4.74 Å². The fraction of sp³-hybridized carbons (Fsp3) is 0. The second-order valence-electron chi connectivity index (χ2n) is 3.69. The Morgan fingerprint density at radius 3 is 2.38 bits per heavy atom. The van der Waals surface area contributed by atoms with Crippen LogP contribution >= 0.6 is 11.6 Å². The van der Waals surface area contributed by atoms with Gasteiger partial charge in [-0.2, -0.15) is 4.98 Å². The zero-order chi connectivity index (χ0) is 15.6. The van der Waals surface area contributed by atoms with Crippen LogP contribution in [0.15, 0.2) is 30.3 Å². The first-order valence-electron chi connectivity index (χ1n) is 5.31. The highest BCUT2D eigenvalue weighted by molar-refractivity contribution is 6.29. The zero-order valence-corrected chi connectivity index (χ0v) is 10.8. The highest BCUT2D eigenvalue weighted by Gasteiger charge is 2.23. The van der Waals surface area contributed by atoms with Gasteiger partial charge < -0.3 is 4.74 Å². The lowest BCUT2D eigenvalue weighted by molar-refractivity contribution is -0.387. The van der Waals surface area contributed by atoms with E-state index in [1.54, 1.807) is 0 Å². The summed E-state index contributed by atoms with van der Waals surface area (Å²) >= 11 is 5.61. The molecule has 0 unspecified atom stereocenters. The minimum absolute atomic E-state index is 0.0969. The maximum absolute atomic E-state index is 13.0. The van der Waals surface area contributed by atoms with Gasteiger partial charge >= 0.3 is 17.3 Å². The predicted octanol–water partition coefficient (Wildman–Crippen LogP) is 3.48. The molecule has 10 heteroatoms. The summed E-state index contributed by atoms with van der Waals surface area (Å²) in [5, 5.41) is 21.6. The maximum atomic E-state index is 13.0. The number of benzene rings is 1. The zero-order valence-electron chi connectivity index (χ0n) is 10.0. The van der Waals surface area contributed by atoms with Crippen LogP contribution in [-0.4, -0.2) is 14.8 Å². The first kappa shape index (κ1) is 14.6. The van der Waals surface area contributed by atoms with Crippen molar-refractivity contribution in [3.8, 4) is 11.6 Å². The summed E-state index contributed by atoms with van der Waals surface area (Å²) in [7, 11) is 0. The molecule has 108 valence electrons. The number of nitro benzene ring substituents is 1. The second-order valence-corrected chi connectivity index (χ2v) is 4.07. The SMILES string of the molecule is O=[N+]([O-])c1cc(F)ccc1Oc1nc(Cl)ccc1[N+](=O)[O-]. The Kier molecular flexibility index (Phi) is 3.94. The fourth-order valence-electron chi connectivity index (χ4n) is 1.45. The highest BCUT2D eigenvalue weighted by Crippen LogP contribution is 2.35. The molecule has 0 aliphatic carbocycles. The smallest absolute Gasteiger partial charge is 0.331 e. The first-order valence-corrected chi connectivity index (χ1v) is 5.69. The Balaban J connectivity index is 2.50. The van der Waals surface area contributed by atoms with Gasteiger partial charge in [0.1, 0.15) is 11.0 Å². The molecule has 0 spiro atoms. The van der Waals surface area contributed by atoms with E-state index in [4.69, 9.17) is 16.3 Å². The molecule has 0 amide bonds. The van der Waals surface area contributed by atoms with Crippen LogP contribution in [0.2, 0.25) is 5.15 Å². The lowest BCUT2D eigenvalue weighted by Crippen LogP contribution is -1.99. The molecule has 0 fully saturated rings. The summed E-state index contributed by atoms with van der Waals surface area (Å²) in [6.45, 7) is 0. The number of rotatable bonds is 4.